The van der Waals surface area contributed by atoms with Crippen LogP contribution in [0.5, 0.6) is 0 Å². The van der Waals surface area contributed by atoms with Crippen molar-refractivity contribution in [2.75, 3.05) is 11.9 Å². The van der Waals surface area contributed by atoms with E-state index in [4.69, 9.17) is 5.26 Å². The van der Waals surface area contributed by atoms with E-state index in [0.717, 1.165) is 24.1 Å². The quantitative estimate of drug-likeness (QED) is 0.765. The predicted octanol–water partition coefficient (Wildman–Crippen LogP) is 1.44. The molecule has 0 aliphatic heterocycles. The summed E-state index contributed by atoms with van der Waals surface area (Å²) in [6.45, 7) is 4.29. The van der Waals surface area contributed by atoms with E-state index >= 15 is 0 Å². The van der Waals surface area contributed by atoms with Crippen LogP contribution < -0.4 is 10.6 Å². The predicted molar refractivity (Wildman–Crippen MR) is 75.1 cm³/mol. The first kappa shape index (κ1) is 14.3. The van der Waals surface area contributed by atoms with Gasteiger partial charge >= 0.3 is 0 Å². The number of aryl methyl sites for hydroxylation is 1. The molecule has 6 heteroatoms. The number of hydrogen-bond acceptors (Lipinski definition) is 5. The first-order valence-corrected chi connectivity index (χ1v) is 6.89. The Morgan fingerprint density at radius 1 is 1.40 bits per heavy atom. The second-order valence-electron chi connectivity index (χ2n) is 5.12. The maximum Gasteiger partial charge on any atom is 0.220 e. The number of carbonyl (C=O) groups excluding carboxylic acids is 1. The molecular formula is C14H19N5O. The van der Waals surface area contributed by atoms with Gasteiger partial charge in [-0.25, -0.2) is 0 Å². The van der Waals surface area contributed by atoms with Gasteiger partial charge in [0.25, 0.3) is 0 Å². The molecule has 0 radical (unpaired) electrons. The highest BCUT2D eigenvalue weighted by Crippen LogP contribution is 2.19. The number of nitrogens with one attached hydrogen (secondary N) is 2. The molecule has 0 saturated heterocycles. The number of nitriles is 1. The van der Waals surface area contributed by atoms with E-state index in [2.05, 4.69) is 26.9 Å². The van der Waals surface area contributed by atoms with E-state index in [9.17, 15) is 4.79 Å². The SMILES string of the molecule is Cc1nnc(NCCCC(=O)NC2CC2)c(C#N)c1C. The lowest BCUT2D eigenvalue weighted by molar-refractivity contribution is -0.121. The van der Waals surface area contributed by atoms with Gasteiger partial charge in [-0.2, -0.15) is 10.4 Å². The maximum absolute atomic E-state index is 11.5. The summed E-state index contributed by atoms with van der Waals surface area (Å²) in [5.74, 6) is 0.596. The fraction of sp³-hybridized carbons (Fsp3) is 0.571. The summed E-state index contributed by atoms with van der Waals surface area (Å²) < 4.78 is 0. The lowest BCUT2D eigenvalue weighted by Crippen LogP contribution is -2.25. The van der Waals surface area contributed by atoms with Crippen LogP contribution >= 0.6 is 0 Å². The van der Waals surface area contributed by atoms with Crippen LogP contribution in [0.25, 0.3) is 0 Å². The zero-order valence-electron chi connectivity index (χ0n) is 11.9. The van der Waals surface area contributed by atoms with Crippen molar-refractivity contribution in [2.24, 2.45) is 0 Å². The van der Waals surface area contributed by atoms with E-state index in [-0.39, 0.29) is 5.91 Å². The molecule has 1 aliphatic carbocycles. The smallest absolute Gasteiger partial charge is 0.220 e. The molecule has 0 aromatic carbocycles. The molecule has 6 nitrogen and oxygen atoms in total. The number of carbonyl (C=O) groups is 1. The van der Waals surface area contributed by atoms with E-state index in [1.807, 2.05) is 13.8 Å². The molecule has 1 amide bonds. The standard InChI is InChI=1S/C14H19N5O/c1-9-10(2)18-19-14(12(9)8-15)16-7-3-4-13(20)17-11-5-6-11/h11H,3-7H2,1-2H3,(H,16,19)(H,17,20). The van der Waals surface area contributed by atoms with E-state index in [0.29, 0.717) is 36.8 Å². The largest absolute Gasteiger partial charge is 0.367 e. The van der Waals surface area contributed by atoms with Crippen molar-refractivity contribution in [1.29, 1.82) is 5.26 Å². The Morgan fingerprint density at radius 2 is 2.15 bits per heavy atom. The highest BCUT2D eigenvalue weighted by atomic mass is 16.1. The van der Waals surface area contributed by atoms with Gasteiger partial charge in [-0.1, -0.05) is 0 Å². The Morgan fingerprint density at radius 3 is 2.80 bits per heavy atom. The van der Waals surface area contributed by atoms with Gasteiger partial charge in [0.05, 0.1) is 5.69 Å². The van der Waals surface area contributed by atoms with Gasteiger partial charge in [0.1, 0.15) is 11.6 Å². The van der Waals surface area contributed by atoms with Crippen LogP contribution in [0.3, 0.4) is 0 Å². The minimum absolute atomic E-state index is 0.0981. The third kappa shape index (κ3) is 3.67. The summed E-state index contributed by atoms with van der Waals surface area (Å²) in [5.41, 5.74) is 2.13. The maximum atomic E-state index is 11.5. The van der Waals surface area contributed by atoms with Crippen LogP contribution in [-0.4, -0.2) is 28.7 Å². The Hall–Kier alpha value is -2.16. The van der Waals surface area contributed by atoms with Gasteiger partial charge in [0.2, 0.25) is 5.91 Å². The van der Waals surface area contributed by atoms with Crippen molar-refractivity contribution >= 4 is 11.7 Å². The van der Waals surface area contributed by atoms with E-state index in [1.54, 1.807) is 0 Å². The average molecular weight is 273 g/mol. The second kappa shape index (κ2) is 6.33. The zero-order valence-corrected chi connectivity index (χ0v) is 11.9. The summed E-state index contributed by atoms with van der Waals surface area (Å²) in [6, 6.07) is 2.55. The zero-order chi connectivity index (χ0) is 14.5. The van der Waals surface area contributed by atoms with Crippen molar-refractivity contribution in [3.63, 3.8) is 0 Å². The van der Waals surface area contributed by atoms with Crippen LogP contribution in [0.1, 0.15) is 42.5 Å². The molecule has 20 heavy (non-hydrogen) atoms. The number of amides is 1. The van der Waals surface area contributed by atoms with Crippen molar-refractivity contribution in [1.82, 2.24) is 15.5 Å². The molecule has 106 valence electrons. The lowest BCUT2D eigenvalue weighted by Gasteiger charge is -2.09. The average Bonchev–Trinajstić information content (AvgIpc) is 3.22. The summed E-state index contributed by atoms with van der Waals surface area (Å²) in [7, 11) is 0. The van der Waals surface area contributed by atoms with Crippen LogP contribution in [0.2, 0.25) is 0 Å². The minimum Gasteiger partial charge on any atom is -0.367 e. The first-order valence-electron chi connectivity index (χ1n) is 6.89. The second-order valence-corrected chi connectivity index (χ2v) is 5.12. The molecule has 1 aromatic rings. The molecule has 2 N–H and O–H groups in total. The molecule has 1 saturated carbocycles. The fourth-order valence-electron chi connectivity index (χ4n) is 1.85. The van der Waals surface area contributed by atoms with Gasteiger partial charge in [-0.3, -0.25) is 4.79 Å². The molecule has 0 unspecified atom stereocenters. The van der Waals surface area contributed by atoms with Crippen molar-refractivity contribution < 1.29 is 4.79 Å². The van der Waals surface area contributed by atoms with Crippen LogP contribution in [0.4, 0.5) is 5.82 Å². The third-order valence-electron chi connectivity index (χ3n) is 3.38. The monoisotopic (exact) mass is 273 g/mol. The lowest BCUT2D eigenvalue weighted by atomic mass is 10.1. The van der Waals surface area contributed by atoms with Crippen molar-refractivity contribution in [3.8, 4) is 6.07 Å². The van der Waals surface area contributed by atoms with Crippen LogP contribution in [0.15, 0.2) is 0 Å². The molecule has 1 aromatic heterocycles. The molecule has 1 fully saturated rings. The number of anilines is 1. The van der Waals surface area contributed by atoms with Gasteiger partial charge in [0.15, 0.2) is 5.82 Å². The number of nitrogens with zero attached hydrogens (tertiary/aromatic N) is 3. The summed E-state index contributed by atoms with van der Waals surface area (Å²) in [6.07, 6.45) is 3.41. The van der Waals surface area contributed by atoms with Gasteiger partial charge in [0, 0.05) is 19.0 Å². The highest BCUT2D eigenvalue weighted by molar-refractivity contribution is 5.76. The Bertz CT molecular complexity index is 545. The number of hydrogen-bond donors (Lipinski definition) is 2. The van der Waals surface area contributed by atoms with Gasteiger partial charge < -0.3 is 10.6 Å². The van der Waals surface area contributed by atoms with E-state index in [1.165, 1.54) is 0 Å². The molecule has 0 bridgehead atoms. The molecule has 2 rings (SSSR count). The Labute approximate surface area is 118 Å². The van der Waals surface area contributed by atoms with Crippen molar-refractivity contribution in [3.05, 3.63) is 16.8 Å². The minimum atomic E-state index is 0.0981. The van der Waals surface area contributed by atoms with Gasteiger partial charge in [-0.15, -0.1) is 5.10 Å². The fourth-order valence-corrected chi connectivity index (χ4v) is 1.85. The topological polar surface area (TPSA) is 90.7 Å². The van der Waals surface area contributed by atoms with Gasteiger partial charge in [-0.05, 0) is 38.7 Å². The third-order valence-corrected chi connectivity index (χ3v) is 3.38. The van der Waals surface area contributed by atoms with Crippen LogP contribution in [-0.2, 0) is 4.79 Å². The number of aromatic nitrogens is 2. The Balaban J connectivity index is 1.80. The molecule has 0 spiro atoms. The first-order chi connectivity index (χ1) is 9.61. The summed E-state index contributed by atoms with van der Waals surface area (Å²) in [4.78, 5) is 11.5. The molecular weight excluding hydrogens is 254 g/mol. The normalized spacial score (nSPS) is 13.7. The molecule has 0 atom stereocenters. The van der Waals surface area contributed by atoms with E-state index < -0.39 is 0 Å². The highest BCUT2D eigenvalue weighted by Gasteiger charge is 2.22. The molecule has 1 heterocycles. The summed E-state index contributed by atoms with van der Waals surface area (Å²) in [5, 5.41) is 23.2. The Kier molecular flexibility index (Phi) is 4.51. The van der Waals surface area contributed by atoms with Crippen molar-refractivity contribution in [2.45, 2.75) is 45.6 Å². The molecule has 1 aliphatic rings. The number of rotatable bonds is 6. The summed E-state index contributed by atoms with van der Waals surface area (Å²) >= 11 is 0. The van der Waals surface area contributed by atoms with Crippen LogP contribution in [0, 0.1) is 25.2 Å².